The molecule has 0 amide bonds. The van der Waals surface area contributed by atoms with Gasteiger partial charge in [0.05, 0.1) is 0 Å². The lowest BCUT2D eigenvalue weighted by Gasteiger charge is -1.94. The van der Waals surface area contributed by atoms with Gasteiger partial charge in [-0.2, -0.15) is 0 Å². The number of nitrogens with zero attached hydrogens (tertiary/aromatic N) is 2. The zero-order valence-corrected chi connectivity index (χ0v) is 5.83. The molecule has 2 heteroatoms. The summed E-state index contributed by atoms with van der Waals surface area (Å²) in [6.45, 7) is 0.247. The second-order valence-electron chi connectivity index (χ2n) is 2.15. The summed E-state index contributed by atoms with van der Waals surface area (Å²) in [5.41, 5.74) is 9.55. The van der Waals surface area contributed by atoms with E-state index < -0.39 is 0 Å². The van der Waals surface area contributed by atoms with E-state index in [4.69, 9.17) is 5.73 Å². The van der Waals surface area contributed by atoms with Gasteiger partial charge in [-0.25, -0.2) is 0 Å². The summed E-state index contributed by atoms with van der Waals surface area (Å²) in [4.78, 5) is 4.11. The molecular formula is C8H10N2. The van der Waals surface area contributed by atoms with Crippen LogP contribution in [0.25, 0.3) is 0 Å². The molecule has 1 aromatic rings. The van der Waals surface area contributed by atoms with Crippen LogP contribution in [0.2, 0.25) is 0 Å². The van der Waals surface area contributed by atoms with Gasteiger partial charge in [-0.05, 0) is 25.0 Å². The van der Waals surface area contributed by atoms with E-state index in [1.807, 2.05) is 18.2 Å². The van der Waals surface area contributed by atoms with Crippen molar-refractivity contribution in [1.82, 2.24) is 10.7 Å². The molecule has 1 aromatic heterocycles. The van der Waals surface area contributed by atoms with Crippen molar-refractivity contribution in [3.63, 3.8) is 0 Å². The van der Waals surface area contributed by atoms with Crippen LogP contribution in [0.5, 0.6) is 0 Å². The monoisotopic (exact) mass is 134 g/mol. The van der Waals surface area contributed by atoms with Gasteiger partial charge in [0.1, 0.15) is 0 Å². The van der Waals surface area contributed by atoms with E-state index in [2.05, 4.69) is 4.98 Å². The van der Waals surface area contributed by atoms with E-state index in [0.717, 1.165) is 18.5 Å². The second kappa shape index (κ2) is 4.01. The average molecular weight is 134 g/mol. The highest BCUT2D eigenvalue weighted by atomic mass is 14.7. The lowest BCUT2D eigenvalue weighted by atomic mass is 10.2. The number of aryl methyl sites for hydroxylation is 1. The van der Waals surface area contributed by atoms with Crippen LogP contribution in [0.3, 0.4) is 0 Å². The molecule has 0 fully saturated rings. The van der Waals surface area contributed by atoms with Crippen LogP contribution < -0.4 is 5.73 Å². The molecule has 52 valence electrons. The third-order valence-electron chi connectivity index (χ3n) is 1.32. The first-order chi connectivity index (χ1) is 4.93. The molecule has 0 aliphatic carbocycles. The van der Waals surface area contributed by atoms with Crippen LogP contribution in [0.15, 0.2) is 24.4 Å². The van der Waals surface area contributed by atoms with Crippen LogP contribution in [0, 0.1) is 0 Å². The molecule has 0 spiro atoms. The molecular weight excluding hydrogens is 124 g/mol. The lowest BCUT2D eigenvalue weighted by Crippen LogP contribution is -1.92. The van der Waals surface area contributed by atoms with Crippen molar-refractivity contribution < 1.29 is 0 Å². The summed E-state index contributed by atoms with van der Waals surface area (Å²) in [6, 6.07) is 5.82. The minimum Gasteiger partial charge on any atom is -0.261 e. The Kier molecular flexibility index (Phi) is 2.90. The molecule has 0 saturated carbocycles. The molecule has 1 heterocycles. The predicted octanol–water partition coefficient (Wildman–Crippen LogP) is 1.08. The smallest absolute Gasteiger partial charge is 0.0404 e. The third-order valence-corrected chi connectivity index (χ3v) is 1.32. The van der Waals surface area contributed by atoms with Gasteiger partial charge in [-0.15, -0.1) is 5.73 Å². The van der Waals surface area contributed by atoms with Crippen molar-refractivity contribution in [3.05, 3.63) is 30.1 Å². The Bertz CT molecular complexity index is 172. The fourth-order valence-electron chi connectivity index (χ4n) is 0.806. The van der Waals surface area contributed by atoms with Crippen LogP contribution in [0.1, 0.15) is 12.1 Å². The topological polar surface area (TPSA) is 35.2 Å². The van der Waals surface area contributed by atoms with E-state index in [0.29, 0.717) is 0 Å². The molecule has 0 atom stereocenters. The summed E-state index contributed by atoms with van der Waals surface area (Å²) in [6.07, 6.45) is 3.45. The second-order valence-corrected chi connectivity index (χ2v) is 2.15. The van der Waals surface area contributed by atoms with Crippen LogP contribution in [-0.4, -0.2) is 11.5 Å². The van der Waals surface area contributed by atoms with E-state index >= 15 is 0 Å². The van der Waals surface area contributed by atoms with Crippen molar-refractivity contribution in [2.75, 3.05) is 6.54 Å². The zero-order chi connectivity index (χ0) is 7.23. The minimum absolute atomic E-state index is 0.247. The van der Waals surface area contributed by atoms with Crippen LogP contribution >= 0.6 is 0 Å². The molecule has 0 saturated heterocycles. The Morgan fingerprint density at radius 3 is 2.90 bits per heavy atom. The van der Waals surface area contributed by atoms with Gasteiger partial charge in [0.25, 0.3) is 0 Å². The first kappa shape index (κ1) is 7.22. The zero-order valence-electron chi connectivity index (χ0n) is 5.83. The fourth-order valence-corrected chi connectivity index (χ4v) is 0.806. The quantitative estimate of drug-likeness (QED) is 0.609. The first-order valence-electron chi connectivity index (χ1n) is 3.44. The Labute approximate surface area is 61.1 Å². The van der Waals surface area contributed by atoms with Crippen molar-refractivity contribution in [3.8, 4) is 0 Å². The normalized spacial score (nSPS) is 9.70. The molecule has 1 rings (SSSR count). The lowest BCUT2D eigenvalue weighted by molar-refractivity contribution is 0.797. The van der Waals surface area contributed by atoms with E-state index in [9.17, 15) is 0 Å². The van der Waals surface area contributed by atoms with Gasteiger partial charge in [0.2, 0.25) is 0 Å². The number of aromatic nitrogens is 1. The van der Waals surface area contributed by atoms with Crippen molar-refractivity contribution in [2.45, 2.75) is 12.8 Å². The number of hydrogen-bond acceptors (Lipinski definition) is 1. The fraction of sp³-hybridized carbons (Fsp3) is 0.375. The molecule has 0 aliphatic rings. The van der Waals surface area contributed by atoms with Crippen molar-refractivity contribution in [2.24, 2.45) is 0 Å². The summed E-state index contributed by atoms with van der Waals surface area (Å²) in [5.74, 6) is 0. The molecule has 0 aromatic carbocycles. The maximum Gasteiger partial charge on any atom is 0.0404 e. The van der Waals surface area contributed by atoms with Gasteiger partial charge in [0, 0.05) is 18.4 Å². The van der Waals surface area contributed by atoms with Gasteiger partial charge < -0.3 is 0 Å². The molecule has 0 aliphatic heterocycles. The van der Waals surface area contributed by atoms with Crippen molar-refractivity contribution >= 4 is 0 Å². The Morgan fingerprint density at radius 1 is 1.40 bits per heavy atom. The minimum atomic E-state index is 0.247. The maximum atomic E-state index is 8.50. The number of hydrogen-bond donors (Lipinski definition) is 0. The van der Waals surface area contributed by atoms with E-state index in [1.54, 1.807) is 6.20 Å². The predicted molar refractivity (Wildman–Crippen MR) is 39.6 cm³/mol. The highest BCUT2D eigenvalue weighted by molar-refractivity contribution is 5.03. The van der Waals surface area contributed by atoms with E-state index in [-0.39, 0.29) is 6.54 Å². The van der Waals surface area contributed by atoms with Gasteiger partial charge in [-0.3, -0.25) is 4.98 Å². The molecule has 0 bridgehead atoms. The largest absolute Gasteiger partial charge is 0.261 e. The van der Waals surface area contributed by atoms with Gasteiger partial charge >= 0.3 is 0 Å². The highest BCUT2D eigenvalue weighted by Gasteiger charge is 1.89. The summed E-state index contributed by atoms with van der Waals surface area (Å²) < 4.78 is 0. The van der Waals surface area contributed by atoms with Gasteiger partial charge in [-0.1, -0.05) is 6.07 Å². The standard InChI is InChI=1S/C8H10N2/c9-6-3-5-8-4-1-2-7-10-8/h1-2,4,7H,3,5-6H2. The SMILES string of the molecule is [N]CCCc1ccccn1. The van der Waals surface area contributed by atoms with Crippen LogP contribution in [0.4, 0.5) is 0 Å². The third kappa shape index (κ3) is 2.15. The number of pyridine rings is 1. The Morgan fingerprint density at radius 2 is 2.30 bits per heavy atom. The Balaban J connectivity index is 2.43. The molecule has 10 heavy (non-hydrogen) atoms. The Hall–Kier alpha value is -0.890. The average Bonchev–Trinajstić information content (AvgIpc) is 2.03. The van der Waals surface area contributed by atoms with Crippen molar-refractivity contribution in [1.29, 1.82) is 0 Å². The maximum absolute atomic E-state index is 8.50. The molecule has 2 nitrogen and oxygen atoms in total. The summed E-state index contributed by atoms with van der Waals surface area (Å²) >= 11 is 0. The number of rotatable bonds is 3. The summed E-state index contributed by atoms with van der Waals surface area (Å²) in [7, 11) is 0. The summed E-state index contributed by atoms with van der Waals surface area (Å²) in [5, 5.41) is 0. The first-order valence-corrected chi connectivity index (χ1v) is 3.44. The highest BCUT2D eigenvalue weighted by Crippen LogP contribution is 1.96. The van der Waals surface area contributed by atoms with Crippen LogP contribution in [-0.2, 0) is 6.42 Å². The van der Waals surface area contributed by atoms with Gasteiger partial charge in [0.15, 0.2) is 0 Å². The molecule has 2 radical (unpaired) electrons. The van der Waals surface area contributed by atoms with E-state index in [1.165, 1.54) is 0 Å². The molecule has 0 unspecified atom stereocenters. The molecule has 0 N–H and O–H groups in total.